The van der Waals surface area contributed by atoms with E-state index in [0.717, 1.165) is 0 Å². The molecule has 0 unspecified atom stereocenters. The lowest BCUT2D eigenvalue weighted by Crippen LogP contribution is -2.39. The van der Waals surface area contributed by atoms with Crippen molar-refractivity contribution in [2.24, 2.45) is 4.99 Å². The van der Waals surface area contributed by atoms with Crippen LogP contribution in [-0.2, 0) is 9.53 Å². The zero-order valence-electron chi connectivity index (χ0n) is 20.9. The Morgan fingerprint density at radius 3 is 2.58 bits per heavy atom. The number of carbonyl (C=O) groups excluding carboxylic acids is 1. The summed E-state index contributed by atoms with van der Waals surface area (Å²) in [6, 6.07) is 9.66. The number of rotatable bonds is 8. The van der Waals surface area contributed by atoms with E-state index in [2.05, 4.69) is 10.9 Å². The van der Waals surface area contributed by atoms with Gasteiger partial charge in [-0.25, -0.2) is 9.79 Å². The van der Waals surface area contributed by atoms with Gasteiger partial charge in [0.25, 0.3) is 5.56 Å². The molecule has 0 fully saturated rings. The summed E-state index contributed by atoms with van der Waals surface area (Å²) in [5.74, 6) is 2.62. The number of halogens is 2. The van der Waals surface area contributed by atoms with Gasteiger partial charge in [-0.1, -0.05) is 52.6 Å². The number of allylic oxidation sites excluding steroid dienone is 1. The van der Waals surface area contributed by atoms with Crippen LogP contribution in [0.1, 0.15) is 37.9 Å². The van der Waals surface area contributed by atoms with Crippen LogP contribution < -0.4 is 24.4 Å². The van der Waals surface area contributed by atoms with Gasteiger partial charge >= 0.3 is 5.97 Å². The lowest BCUT2D eigenvalue weighted by molar-refractivity contribution is -0.139. The molecule has 0 aliphatic carbocycles. The van der Waals surface area contributed by atoms with Crippen LogP contribution in [0, 0.1) is 12.3 Å². The standard InChI is InChI=1S/C28H24Cl2N2O5S/c1-5-12-37-25-20(30)13-17(14-21(25)35-6-2)15-22-26(33)32-24(18-8-10-19(29)11-9-18)23(27(34)36-7-3)16(4)31-28(32)38-22/h1,8-11,13-15,24H,6-7,12H2,2-4H3/b22-15-/t24-/m1/s1. The van der Waals surface area contributed by atoms with Crippen LogP contribution in [0.2, 0.25) is 10.0 Å². The molecular formula is C28H24Cl2N2O5S. The van der Waals surface area contributed by atoms with E-state index in [-0.39, 0.29) is 18.8 Å². The van der Waals surface area contributed by atoms with Gasteiger partial charge in [-0.05, 0) is 62.2 Å². The summed E-state index contributed by atoms with van der Waals surface area (Å²) in [5.41, 5.74) is 1.79. The third-order valence-corrected chi connectivity index (χ3v) is 7.15. The van der Waals surface area contributed by atoms with E-state index in [9.17, 15) is 9.59 Å². The Kier molecular flexibility index (Phi) is 8.62. The highest BCUT2D eigenvalue weighted by Gasteiger charge is 2.33. The molecule has 1 aromatic heterocycles. The molecule has 1 aliphatic rings. The monoisotopic (exact) mass is 570 g/mol. The fourth-order valence-electron chi connectivity index (χ4n) is 4.09. The maximum atomic E-state index is 13.8. The van der Waals surface area contributed by atoms with Crippen LogP contribution in [0.4, 0.5) is 0 Å². The topological polar surface area (TPSA) is 79.1 Å². The van der Waals surface area contributed by atoms with Crippen molar-refractivity contribution in [3.05, 3.63) is 88.5 Å². The fourth-order valence-corrected chi connectivity index (χ4v) is 5.54. The van der Waals surface area contributed by atoms with Crippen LogP contribution in [0.3, 0.4) is 0 Å². The first-order valence-corrected chi connectivity index (χ1v) is 13.3. The van der Waals surface area contributed by atoms with Gasteiger partial charge in [-0.2, -0.15) is 0 Å². The van der Waals surface area contributed by atoms with E-state index in [1.54, 1.807) is 56.3 Å². The predicted molar refractivity (Wildman–Crippen MR) is 149 cm³/mol. The Bertz CT molecular complexity index is 1630. The summed E-state index contributed by atoms with van der Waals surface area (Å²) >= 11 is 13.8. The summed E-state index contributed by atoms with van der Waals surface area (Å²) in [6.07, 6.45) is 7.01. The van der Waals surface area contributed by atoms with E-state index < -0.39 is 12.0 Å². The number of esters is 1. The Labute approximate surface area is 233 Å². The smallest absolute Gasteiger partial charge is 0.338 e. The highest BCUT2D eigenvalue weighted by atomic mass is 35.5. The number of carbonyl (C=O) groups is 1. The number of thiazole rings is 1. The molecule has 4 rings (SSSR count). The molecule has 2 heterocycles. The second kappa shape index (κ2) is 11.9. The van der Waals surface area contributed by atoms with Crippen molar-refractivity contribution < 1.29 is 19.0 Å². The molecule has 0 radical (unpaired) electrons. The van der Waals surface area contributed by atoms with Crippen LogP contribution in [0.5, 0.6) is 11.5 Å². The van der Waals surface area contributed by atoms with E-state index in [0.29, 0.717) is 59.9 Å². The average molecular weight is 571 g/mol. The molecule has 7 nitrogen and oxygen atoms in total. The van der Waals surface area contributed by atoms with E-state index >= 15 is 0 Å². The quantitative estimate of drug-likeness (QED) is 0.294. The molecule has 0 saturated carbocycles. The molecule has 0 spiro atoms. The lowest BCUT2D eigenvalue weighted by Gasteiger charge is -2.24. The van der Waals surface area contributed by atoms with Crippen molar-refractivity contribution in [1.29, 1.82) is 0 Å². The Morgan fingerprint density at radius 1 is 1.18 bits per heavy atom. The van der Waals surface area contributed by atoms with Gasteiger partial charge in [0.2, 0.25) is 0 Å². The average Bonchev–Trinajstić information content (AvgIpc) is 3.17. The van der Waals surface area contributed by atoms with Crippen molar-refractivity contribution in [2.45, 2.75) is 26.8 Å². The zero-order chi connectivity index (χ0) is 27.4. The van der Waals surface area contributed by atoms with E-state index in [4.69, 9.17) is 43.8 Å². The van der Waals surface area contributed by atoms with Gasteiger partial charge < -0.3 is 14.2 Å². The number of nitrogens with zero attached hydrogens (tertiary/aromatic N) is 2. The van der Waals surface area contributed by atoms with Crippen molar-refractivity contribution in [1.82, 2.24) is 4.57 Å². The number of terminal acetylenes is 1. The van der Waals surface area contributed by atoms with Gasteiger partial charge in [-0.15, -0.1) is 6.42 Å². The molecule has 0 saturated heterocycles. The van der Waals surface area contributed by atoms with Gasteiger partial charge in [0.15, 0.2) is 16.3 Å². The van der Waals surface area contributed by atoms with Gasteiger partial charge in [0.05, 0.1) is 40.1 Å². The molecule has 196 valence electrons. The van der Waals surface area contributed by atoms with Crippen LogP contribution in [0.15, 0.2) is 57.5 Å². The minimum Gasteiger partial charge on any atom is -0.490 e. The molecular weight excluding hydrogens is 547 g/mol. The summed E-state index contributed by atoms with van der Waals surface area (Å²) in [5, 5.41) is 0.834. The minimum atomic E-state index is -0.730. The molecule has 1 aliphatic heterocycles. The SMILES string of the molecule is C#CCOc1c(Cl)cc(/C=c2\sc3n(c2=O)[C@H](c2ccc(Cl)cc2)C(C(=O)OCC)=C(C)N=3)cc1OCC. The molecule has 0 bridgehead atoms. The molecule has 3 aromatic rings. The van der Waals surface area contributed by atoms with Gasteiger partial charge in [-0.3, -0.25) is 9.36 Å². The molecule has 38 heavy (non-hydrogen) atoms. The number of ether oxygens (including phenoxy) is 3. The molecule has 10 heteroatoms. The first-order valence-electron chi connectivity index (χ1n) is 11.8. The van der Waals surface area contributed by atoms with Crippen molar-refractivity contribution >= 4 is 46.6 Å². The van der Waals surface area contributed by atoms with Crippen LogP contribution in [-0.4, -0.2) is 30.4 Å². The number of fused-ring (bicyclic) bond motifs is 1. The zero-order valence-corrected chi connectivity index (χ0v) is 23.2. The molecule has 2 aromatic carbocycles. The third kappa shape index (κ3) is 5.51. The van der Waals surface area contributed by atoms with Crippen LogP contribution >= 0.6 is 34.5 Å². The molecule has 0 N–H and O–H groups in total. The summed E-state index contributed by atoms with van der Waals surface area (Å²) in [6.45, 7) is 5.90. The summed E-state index contributed by atoms with van der Waals surface area (Å²) < 4.78 is 18.5. The Morgan fingerprint density at radius 2 is 1.92 bits per heavy atom. The fraction of sp³-hybridized carbons (Fsp3) is 0.250. The highest BCUT2D eigenvalue weighted by Crippen LogP contribution is 2.37. The number of hydrogen-bond donors (Lipinski definition) is 0. The predicted octanol–water partition coefficient (Wildman–Crippen LogP) is 4.52. The normalized spacial score (nSPS) is 14.9. The van der Waals surface area contributed by atoms with Crippen molar-refractivity contribution in [3.63, 3.8) is 0 Å². The van der Waals surface area contributed by atoms with E-state index in [1.165, 1.54) is 15.9 Å². The number of aromatic nitrogens is 1. The summed E-state index contributed by atoms with van der Waals surface area (Å²) in [7, 11) is 0. The van der Waals surface area contributed by atoms with E-state index in [1.807, 2.05) is 6.92 Å². The molecule has 1 atom stereocenters. The number of benzene rings is 2. The highest BCUT2D eigenvalue weighted by molar-refractivity contribution is 7.07. The van der Waals surface area contributed by atoms with Gasteiger partial charge in [0.1, 0.15) is 6.61 Å². The Balaban J connectivity index is 1.90. The van der Waals surface area contributed by atoms with Crippen molar-refractivity contribution in [2.75, 3.05) is 19.8 Å². The minimum absolute atomic E-state index is 0.0323. The van der Waals surface area contributed by atoms with Crippen molar-refractivity contribution in [3.8, 4) is 23.8 Å². The second-order valence-electron chi connectivity index (χ2n) is 8.11. The number of hydrogen-bond acceptors (Lipinski definition) is 7. The maximum absolute atomic E-state index is 13.8. The Hall–Kier alpha value is -3.51. The third-order valence-electron chi connectivity index (χ3n) is 5.63. The first-order chi connectivity index (χ1) is 18.3. The van der Waals surface area contributed by atoms with Gasteiger partial charge in [0, 0.05) is 5.02 Å². The summed E-state index contributed by atoms with van der Waals surface area (Å²) in [4.78, 5) is 31.8. The largest absolute Gasteiger partial charge is 0.490 e. The molecule has 0 amide bonds. The first kappa shape index (κ1) is 27.5. The second-order valence-corrected chi connectivity index (χ2v) is 9.96. The maximum Gasteiger partial charge on any atom is 0.338 e. The van der Waals surface area contributed by atoms with Crippen LogP contribution in [0.25, 0.3) is 6.08 Å². The lowest BCUT2D eigenvalue weighted by atomic mass is 9.96.